The van der Waals surface area contributed by atoms with Crippen molar-refractivity contribution in [2.24, 2.45) is 5.41 Å². The van der Waals surface area contributed by atoms with Gasteiger partial charge in [-0.15, -0.1) is 0 Å². The highest BCUT2D eigenvalue weighted by atomic mass is 16.6. The molecule has 1 unspecified atom stereocenters. The van der Waals surface area contributed by atoms with Gasteiger partial charge in [0.25, 0.3) is 0 Å². The third-order valence-corrected chi connectivity index (χ3v) is 6.17. The summed E-state index contributed by atoms with van der Waals surface area (Å²) in [6, 6.07) is 4.00. The predicted molar refractivity (Wildman–Crippen MR) is 101 cm³/mol. The standard InChI is InChI=1S/C20H28N4O4/c25-17-10-20(15-22(13-17)12-16-2-1-5-21-11-16)3-6-23(7-4-20)18(26)14-24-8-9-28-19(24)27/h1-2,5,11,17,25H,3-4,6-10,12-15H2. The van der Waals surface area contributed by atoms with Crippen molar-refractivity contribution in [3.63, 3.8) is 0 Å². The Labute approximate surface area is 165 Å². The average molecular weight is 388 g/mol. The maximum absolute atomic E-state index is 12.6. The number of carbonyl (C=O) groups excluding carboxylic acids is 2. The van der Waals surface area contributed by atoms with E-state index in [2.05, 4.69) is 16.0 Å². The van der Waals surface area contributed by atoms with Crippen molar-refractivity contribution in [2.75, 3.05) is 45.9 Å². The number of β-amino-alcohol motifs (C(OH)–C–C–N with tert-alkyl or cyclic N) is 1. The molecule has 3 saturated heterocycles. The van der Waals surface area contributed by atoms with Crippen LogP contribution in [0.5, 0.6) is 0 Å². The van der Waals surface area contributed by atoms with E-state index in [0.29, 0.717) is 32.8 Å². The smallest absolute Gasteiger partial charge is 0.410 e. The van der Waals surface area contributed by atoms with Crippen molar-refractivity contribution in [1.29, 1.82) is 0 Å². The Morgan fingerprint density at radius 3 is 2.82 bits per heavy atom. The summed E-state index contributed by atoms with van der Waals surface area (Å²) in [5, 5.41) is 10.5. The topological polar surface area (TPSA) is 86.2 Å². The molecule has 1 spiro atoms. The second-order valence-electron chi connectivity index (χ2n) is 8.31. The minimum Gasteiger partial charge on any atom is -0.448 e. The average Bonchev–Trinajstić information content (AvgIpc) is 3.07. The van der Waals surface area contributed by atoms with Crippen LogP contribution in [-0.4, -0.2) is 88.8 Å². The van der Waals surface area contributed by atoms with Gasteiger partial charge in [-0.3, -0.25) is 19.6 Å². The molecule has 3 aliphatic rings. The van der Waals surface area contributed by atoms with Gasteiger partial charge in [0.1, 0.15) is 13.2 Å². The van der Waals surface area contributed by atoms with Gasteiger partial charge in [0, 0.05) is 45.1 Å². The lowest BCUT2D eigenvalue weighted by molar-refractivity contribution is -0.135. The maximum atomic E-state index is 12.6. The Bertz CT molecular complexity index is 705. The van der Waals surface area contributed by atoms with Crippen LogP contribution in [0.4, 0.5) is 4.79 Å². The van der Waals surface area contributed by atoms with Gasteiger partial charge in [0.2, 0.25) is 5.91 Å². The molecule has 0 bridgehead atoms. The van der Waals surface area contributed by atoms with E-state index >= 15 is 0 Å². The van der Waals surface area contributed by atoms with Gasteiger partial charge in [-0.25, -0.2) is 4.79 Å². The third-order valence-electron chi connectivity index (χ3n) is 6.17. The number of hydrogen-bond acceptors (Lipinski definition) is 6. The first kappa shape index (κ1) is 19.1. The number of aliphatic hydroxyl groups excluding tert-OH is 1. The monoisotopic (exact) mass is 388 g/mol. The number of cyclic esters (lactones) is 1. The maximum Gasteiger partial charge on any atom is 0.410 e. The molecule has 4 heterocycles. The normalized spacial score (nSPS) is 25.2. The van der Waals surface area contributed by atoms with E-state index in [1.165, 1.54) is 4.90 Å². The molecule has 152 valence electrons. The lowest BCUT2D eigenvalue weighted by Crippen LogP contribution is -2.55. The number of aliphatic hydroxyl groups is 1. The number of aromatic nitrogens is 1. The Hall–Kier alpha value is -2.19. The molecule has 2 amide bonds. The molecular weight excluding hydrogens is 360 g/mol. The van der Waals surface area contributed by atoms with Gasteiger partial charge in [0.05, 0.1) is 12.6 Å². The van der Waals surface area contributed by atoms with E-state index in [1.54, 1.807) is 6.20 Å². The molecule has 8 nitrogen and oxygen atoms in total. The summed E-state index contributed by atoms with van der Waals surface area (Å²) in [6.07, 6.45) is 5.45. The van der Waals surface area contributed by atoms with Gasteiger partial charge in [0.15, 0.2) is 0 Å². The molecule has 3 aliphatic heterocycles. The van der Waals surface area contributed by atoms with E-state index in [4.69, 9.17) is 4.74 Å². The van der Waals surface area contributed by atoms with Crippen LogP contribution in [-0.2, 0) is 16.1 Å². The molecule has 3 fully saturated rings. The molecule has 1 N–H and O–H groups in total. The van der Waals surface area contributed by atoms with Crippen LogP contribution in [0.2, 0.25) is 0 Å². The SMILES string of the molecule is O=C(CN1CCOC1=O)N1CCC2(CC1)CC(O)CN(Cc1cccnc1)C2. The number of rotatable bonds is 4. The lowest BCUT2D eigenvalue weighted by Gasteiger charge is -2.49. The highest BCUT2D eigenvalue weighted by Gasteiger charge is 2.42. The second-order valence-corrected chi connectivity index (χ2v) is 8.31. The van der Waals surface area contributed by atoms with Crippen LogP contribution < -0.4 is 0 Å². The van der Waals surface area contributed by atoms with Gasteiger partial charge in [-0.2, -0.15) is 0 Å². The summed E-state index contributed by atoms with van der Waals surface area (Å²) in [5.74, 6) is -0.0164. The van der Waals surface area contributed by atoms with Crippen LogP contribution in [0, 0.1) is 5.41 Å². The van der Waals surface area contributed by atoms with Crippen LogP contribution in [0.1, 0.15) is 24.8 Å². The molecular formula is C20H28N4O4. The van der Waals surface area contributed by atoms with Crippen molar-refractivity contribution in [2.45, 2.75) is 31.9 Å². The van der Waals surface area contributed by atoms with E-state index in [1.807, 2.05) is 17.2 Å². The highest BCUT2D eigenvalue weighted by Crippen LogP contribution is 2.40. The highest BCUT2D eigenvalue weighted by molar-refractivity contribution is 5.83. The predicted octanol–water partition coefficient (Wildman–Crippen LogP) is 0.709. The molecule has 4 rings (SSSR count). The first-order chi connectivity index (χ1) is 13.5. The molecule has 28 heavy (non-hydrogen) atoms. The Balaban J connectivity index is 1.33. The van der Waals surface area contributed by atoms with E-state index in [9.17, 15) is 14.7 Å². The number of ether oxygens (including phenoxy) is 1. The molecule has 0 radical (unpaired) electrons. The fraction of sp³-hybridized carbons (Fsp3) is 0.650. The number of likely N-dealkylation sites (tertiary alicyclic amines) is 2. The summed E-state index contributed by atoms with van der Waals surface area (Å²) < 4.78 is 4.89. The van der Waals surface area contributed by atoms with Crippen LogP contribution in [0.3, 0.4) is 0 Å². The molecule has 0 saturated carbocycles. The van der Waals surface area contributed by atoms with Crippen molar-refractivity contribution >= 4 is 12.0 Å². The van der Waals surface area contributed by atoms with E-state index < -0.39 is 6.09 Å². The molecule has 1 aromatic heterocycles. The Morgan fingerprint density at radius 2 is 2.14 bits per heavy atom. The summed E-state index contributed by atoms with van der Waals surface area (Å²) in [7, 11) is 0. The quantitative estimate of drug-likeness (QED) is 0.818. The van der Waals surface area contributed by atoms with Crippen LogP contribution >= 0.6 is 0 Å². The lowest BCUT2D eigenvalue weighted by atomic mass is 9.71. The fourth-order valence-electron chi connectivity index (χ4n) is 4.76. The number of amides is 2. The first-order valence-electron chi connectivity index (χ1n) is 10.0. The second kappa shape index (κ2) is 8.05. The van der Waals surface area contributed by atoms with Gasteiger partial charge < -0.3 is 14.7 Å². The number of hydrogen-bond donors (Lipinski definition) is 1. The zero-order chi connectivity index (χ0) is 19.6. The van der Waals surface area contributed by atoms with Crippen molar-refractivity contribution in [3.05, 3.63) is 30.1 Å². The van der Waals surface area contributed by atoms with Crippen molar-refractivity contribution < 1.29 is 19.4 Å². The van der Waals surface area contributed by atoms with Crippen LogP contribution in [0.25, 0.3) is 0 Å². The minimum atomic E-state index is -0.400. The molecule has 0 aliphatic carbocycles. The minimum absolute atomic E-state index is 0.0164. The van der Waals surface area contributed by atoms with E-state index in [-0.39, 0.29) is 24.0 Å². The van der Waals surface area contributed by atoms with Crippen molar-refractivity contribution in [3.8, 4) is 0 Å². The summed E-state index contributed by atoms with van der Waals surface area (Å²) >= 11 is 0. The zero-order valence-electron chi connectivity index (χ0n) is 16.1. The Morgan fingerprint density at radius 1 is 1.32 bits per heavy atom. The number of pyridine rings is 1. The van der Waals surface area contributed by atoms with Crippen molar-refractivity contribution in [1.82, 2.24) is 19.7 Å². The molecule has 1 atom stereocenters. The molecule has 0 aromatic carbocycles. The summed E-state index contributed by atoms with van der Waals surface area (Å²) in [4.78, 5) is 33.9. The fourth-order valence-corrected chi connectivity index (χ4v) is 4.76. The molecule has 8 heteroatoms. The largest absolute Gasteiger partial charge is 0.448 e. The number of piperidine rings is 2. The Kier molecular flexibility index (Phi) is 5.50. The van der Waals surface area contributed by atoms with Gasteiger partial charge in [-0.05, 0) is 36.3 Å². The molecule has 1 aromatic rings. The summed E-state index contributed by atoms with van der Waals surface area (Å²) in [5.41, 5.74) is 1.19. The third kappa shape index (κ3) is 4.28. The van der Waals surface area contributed by atoms with Gasteiger partial charge >= 0.3 is 6.09 Å². The van der Waals surface area contributed by atoms with E-state index in [0.717, 1.165) is 37.9 Å². The number of nitrogens with zero attached hydrogens (tertiary/aromatic N) is 4. The summed E-state index contributed by atoms with van der Waals surface area (Å²) in [6.45, 7) is 4.69. The number of carbonyl (C=O) groups is 2. The first-order valence-corrected chi connectivity index (χ1v) is 10.0. The van der Waals surface area contributed by atoms with Gasteiger partial charge in [-0.1, -0.05) is 6.07 Å². The zero-order valence-corrected chi connectivity index (χ0v) is 16.1. The van der Waals surface area contributed by atoms with Crippen LogP contribution in [0.15, 0.2) is 24.5 Å².